The summed E-state index contributed by atoms with van der Waals surface area (Å²) < 4.78 is 0. The van der Waals surface area contributed by atoms with Gasteiger partial charge in [0.2, 0.25) is 0 Å². The summed E-state index contributed by atoms with van der Waals surface area (Å²) in [5.41, 5.74) is 5.90. The van der Waals surface area contributed by atoms with Crippen molar-refractivity contribution in [2.24, 2.45) is 11.7 Å². The molecule has 0 radical (unpaired) electrons. The number of hydrogen-bond donors (Lipinski definition) is 1. The van der Waals surface area contributed by atoms with Crippen LogP contribution in [0.1, 0.15) is 19.3 Å². The predicted octanol–water partition coefficient (Wildman–Crippen LogP) is 0.675. The van der Waals surface area contributed by atoms with Crippen LogP contribution in [0.15, 0.2) is 0 Å². The Morgan fingerprint density at radius 1 is 1.40 bits per heavy atom. The molecular formula is C8H18N2. The van der Waals surface area contributed by atoms with Gasteiger partial charge in [-0.25, -0.2) is 0 Å². The van der Waals surface area contributed by atoms with E-state index in [-0.39, 0.29) is 0 Å². The van der Waals surface area contributed by atoms with Crippen LogP contribution in [0.3, 0.4) is 0 Å². The zero-order chi connectivity index (χ0) is 7.56. The SMILES string of the molecule is CN(C)C[C@H]1CCC[C@H]1N. The minimum Gasteiger partial charge on any atom is -0.327 e. The quantitative estimate of drug-likeness (QED) is 0.614. The van der Waals surface area contributed by atoms with E-state index in [0.717, 1.165) is 5.92 Å². The van der Waals surface area contributed by atoms with Crippen molar-refractivity contribution in [1.82, 2.24) is 4.90 Å². The fourth-order valence-electron chi connectivity index (χ4n) is 1.76. The minimum atomic E-state index is 0.474. The third kappa shape index (κ3) is 1.96. The summed E-state index contributed by atoms with van der Waals surface area (Å²) in [7, 11) is 4.23. The molecule has 0 bridgehead atoms. The van der Waals surface area contributed by atoms with Crippen LogP contribution in [0.2, 0.25) is 0 Å². The molecule has 2 nitrogen and oxygen atoms in total. The van der Waals surface area contributed by atoms with Crippen molar-refractivity contribution in [1.29, 1.82) is 0 Å². The molecule has 1 aliphatic rings. The molecule has 0 spiro atoms. The first-order valence-electron chi connectivity index (χ1n) is 4.10. The largest absolute Gasteiger partial charge is 0.327 e. The fraction of sp³-hybridized carbons (Fsp3) is 1.00. The van der Waals surface area contributed by atoms with Gasteiger partial charge in [-0.05, 0) is 32.9 Å². The van der Waals surface area contributed by atoms with Gasteiger partial charge in [-0.1, -0.05) is 6.42 Å². The summed E-state index contributed by atoms with van der Waals surface area (Å²) in [6, 6.07) is 0.474. The van der Waals surface area contributed by atoms with Gasteiger partial charge in [0, 0.05) is 12.6 Å². The van der Waals surface area contributed by atoms with Crippen molar-refractivity contribution in [2.45, 2.75) is 25.3 Å². The molecule has 0 heterocycles. The number of nitrogens with two attached hydrogens (primary N) is 1. The second kappa shape index (κ2) is 3.35. The maximum Gasteiger partial charge on any atom is 0.00793 e. The van der Waals surface area contributed by atoms with Gasteiger partial charge in [-0.3, -0.25) is 0 Å². The molecule has 0 saturated heterocycles. The predicted molar refractivity (Wildman–Crippen MR) is 43.9 cm³/mol. The summed E-state index contributed by atoms with van der Waals surface area (Å²) in [6.07, 6.45) is 3.90. The van der Waals surface area contributed by atoms with Gasteiger partial charge >= 0.3 is 0 Å². The van der Waals surface area contributed by atoms with E-state index < -0.39 is 0 Å². The molecule has 0 aromatic carbocycles. The van der Waals surface area contributed by atoms with Crippen LogP contribution in [0, 0.1) is 5.92 Å². The van der Waals surface area contributed by atoms with Crippen molar-refractivity contribution in [3.05, 3.63) is 0 Å². The Morgan fingerprint density at radius 3 is 2.50 bits per heavy atom. The molecule has 0 amide bonds. The van der Waals surface area contributed by atoms with Crippen molar-refractivity contribution in [3.63, 3.8) is 0 Å². The highest BCUT2D eigenvalue weighted by Gasteiger charge is 2.23. The Bertz CT molecular complexity index is 101. The lowest BCUT2D eigenvalue weighted by molar-refractivity contribution is 0.310. The Labute approximate surface area is 63.4 Å². The third-order valence-corrected chi connectivity index (χ3v) is 2.32. The summed E-state index contributed by atoms with van der Waals surface area (Å²) in [4.78, 5) is 2.23. The van der Waals surface area contributed by atoms with E-state index in [9.17, 15) is 0 Å². The summed E-state index contributed by atoms with van der Waals surface area (Å²) >= 11 is 0. The van der Waals surface area contributed by atoms with E-state index in [0.29, 0.717) is 6.04 Å². The van der Waals surface area contributed by atoms with Gasteiger partial charge in [-0.15, -0.1) is 0 Å². The van der Waals surface area contributed by atoms with Gasteiger partial charge in [0.25, 0.3) is 0 Å². The Hall–Kier alpha value is -0.0800. The van der Waals surface area contributed by atoms with Gasteiger partial charge in [-0.2, -0.15) is 0 Å². The molecule has 0 aromatic rings. The molecule has 1 rings (SSSR count). The number of rotatable bonds is 2. The molecule has 0 aromatic heterocycles. The maximum absolute atomic E-state index is 5.90. The van der Waals surface area contributed by atoms with Crippen LogP contribution in [0.4, 0.5) is 0 Å². The number of nitrogens with zero attached hydrogens (tertiary/aromatic N) is 1. The van der Waals surface area contributed by atoms with E-state index in [2.05, 4.69) is 19.0 Å². The van der Waals surface area contributed by atoms with Crippen LogP contribution in [-0.4, -0.2) is 31.6 Å². The first kappa shape index (κ1) is 8.02. The summed E-state index contributed by atoms with van der Waals surface area (Å²) in [6.45, 7) is 1.17. The minimum absolute atomic E-state index is 0.474. The lowest BCUT2D eigenvalue weighted by Crippen LogP contribution is -2.32. The van der Waals surface area contributed by atoms with Crippen LogP contribution >= 0.6 is 0 Å². The second-order valence-corrected chi connectivity index (χ2v) is 3.62. The van der Waals surface area contributed by atoms with Gasteiger partial charge in [0.05, 0.1) is 0 Å². The average Bonchev–Trinajstić information content (AvgIpc) is 2.15. The zero-order valence-corrected chi connectivity index (χ0v) is 7.01. The molecule has 0 unspecified atom stereocenters. The maximum atomic E-state index is 5.90. The van der Waals surface area contributed by atoms with Crippen LogP contribution in [-0.2, 0) is 0 Å². The smallest absolute Gasteiger partial charge is 0.00793 e. The van der Waals surface area contributed by atoms with E-state index in [4.69, 9.17) is 5.73 Å². The lowest BCUT2D eigenvalue weighted by Gasteiger charge is -2.19. The molecule has 60 valence electrons. The van der Waals surface area contributed by atoms with E-state index in [1.807, 2.05) is 0 Å². The number of hydrogen-bond acceptors (Lipinski definition) is 2. The van der Waals surface area contributed by atoms with Crippen molar-refractivity contribution in [2.75, 3.05) is 20.6 Å². The topological polar surface area (TPSA) is 29.3 Å². The molecule has 1 aliphatic carbocycles. The summed E-state index contributed by atoms with van der Waals surface area (Å²) in [5.74, 6) is 0.759. The Morgan fingerprint density at radius 2 is 2.10 bits per heavy atom. The first-order valence-corrected chi connectivity index (χ1v) is 4.10. The van der Waals surface area contributed by atoms with Gasteiger partial charge in [0.15, 0.2) is 0 Å². The highest BCUT2D eigenvalue weighted by atomic mass is 15.1. The fourth-order valence-corrected chi connectivity index (χ4v) is 1.76. The normalized spacial score (nSPS) is 33.6. The van der Waals surface area contributed by atoms with E-state index >= 15 is 0 Å². The molecular weight excluding hydrogens is 124 g/mol. The highest BCUT2D eigenvalue weighted by Crippen LogP contribution is 2.23. The standard InChI is InChI=1S/C8H18N2/c1-10(2)6-7-4-3-5-8(7)9/h7-8H,3-6,9H2,1-2H3/t7-,8-/m1/s1. The van der Waals surface area contributed by atoms with Crippen molar-refractivity contribution >= 4 is 0 Å². The molecule has 2 atom stereocenters. The monoisotopic (exact) mass is 142 g/mol. The molecule has 1 saturated carbocycles. The molecule has 0 aliphatic heterocycles. The van der Waals surface area contributed by atoms with Crippen LogP contribution < -0.4 is 5.73 Å². The van der Waals surface area contributed by atoms with Crippen molar-refractivity contribution in [3.8, 4) is 0 Å². The second-order valence-electron chi connectivity index (χ2n) is 3.62. The molecule has 2 heteroatoms. The van der Waals surface area contributed by atoms with Gasteiger partial charge < -0.3 is 10.6 Å². The average molecular weight is 142 g/mol. The zero-order valence-electron chi connectivity index (χ0n) is 7.01. The van der Waals surface area contributed by atoms with Crippen molar-refractivity contribution < 1.29 is 0 Å². The molecule has 10 heavy (non-hydrogen) atoms. The summed E-state index contributed by atoms with van der Waals surface area (Å²) in [5, 5.41) is 0. The Balaban J connectivity index is 2.26. The molecule has 2 N–H and O–H groups in total. The highest BCUT2D eigenvalue weighted by molar-refractivity contribution is 4.81. The Kier molecular flexibility index (Phi) is 2.69. The lowest BCUT2D eigenvalue weighted by atomic mass is 10.0. The van der Waals surface area contributed by atoms with E-state index in [1.165, 1.54) is 25.8 Å². The van der Waals surface area contributed by atoms with Crippen LogP contribution in [0.25, 0.3) is 0 Å². The van der Waals surface area contributed by atoms with E-state index in [1.54, 1.807) is 0 Å². The third-order valence-electron chi connectivity index (χ3n) is 2.32. The first-order chi connectivity index (χ1) is 4.70. The van der Waals surface area contributed by atoms with Gasteiger partial charge in [0.1, 0.15) is 0 Å². The molecule has 1 fully saturated rings. The van der Waals surface area contributed by atoms with Crippen LogP contribution in [0.5, 0.6) is 0 Å².